The van der Waals surface area contributed by atoms with Gasteiger partial charge in [0.1, 0.15) is 0 Å². The zero-order valence-electron chi connectivity index (χ0n) is 11.3. The number of nitrogens with zero attached hydrogens (tertiary/aromatic N) is 1. The highest BCUT2D eigenvalue weighted by atomic mass is 14.7. The van der Waals surface area contributed by atoms with E-state index in [2.05, 4.69) is 35.3 Å². The number of aromatic nitrogens is 1. The lowest BCUT2D eigenvalue weighted by Gasteiger charge is -2.26. The number of pyridine rings is 1. The quantitative estimate of drug-likeness (QED) is 0.904. The lowest BCUT2D eigenvalue weighted by molar-refractivity contribution is 0.419. The SMILES string of the molecule is Cc1cc(C(N)c2ccc(C3CCC3)cc2)ccn1. The first kappa shape index (κ1) is 12.4. The van der Waals surface area contributed by atoms with Crippen LogP contribution in [0.2, 0.25) is 0 Å². The predicted octanol–water partition coefficient (Wildman–Crippen LogP) is 3.71. The summed E-state index contributed by atoms with van der Waals surface area (Å²) in [6, 6.07) is 12.8. The van der Waals surface area contributed by atoms with Crippen molar-refractivity contribution in [3.05, 3.63) is 65.0 Å². The van der Waals surface area contributed by atoms with Crippen molar-refractivity contribution in [1.82, 2.24) is 4.98 Å². The molecule has 0 bridgehead atoms. The summed E-state index contributed by atoms with van der Waals surface area (Å²) in [5.41, 5.74) is 11.1. The van der Waals surface area contributed by atoms with Gasteiger partial charge in [0, 0.05) is 11.9 Å². The first-order chi connectivity index (χ1) is 9.24. The smallest absolute Gasteiger partial charge is 0.0552 e. The van der Waals surface area contributed by atoms with Crippen LogP contribution in [0.1, 0.15) is 53.6 Å². The molecule has 98 valence electrons. The molecular formula is C17H20N2. The third-order valence-electron chi connectivity index (χ3n) is 4.15. The summed E-state index contributed by atoms with van der Waals surface area (Å²) in [7, 11) is 0. The van der Waals surface area contributed by atoms with Gasteiger partial charge in [-0.05, 0) is 54.5 Å². The summed E-state index contributed by atoms with van der Waals surface area (Å²) in [5.74, 6) is 0.786. The number of hydrogen-bond donors (Lipinski definition) is 1. The topological polar surface area (TPSA) is 38.9 Å². The lowest BCUT2D eigenvalue weighted by atomic mass is 9.79. The Morgan fingerprint density at radius 3 is 2.42 bits per heavy atom. The minimum absolute atomic E-state index is 0.0582. The average Bonchev–Trinajstić information content (AvgIpc) is 2.37. The van der Waals surface area contributed by atoms with Gasteiger partial charge in [-0.15, -0.1) is 0 Å². The molecule has 1 atom stereocenters. The molecule has 1 aromatic heterocycles. The zero-order chi connectivity index (χ0) is 13.2. The van der Waals surface area contributed by atoms with Crippen molar-refractivity contribution in [1.29, 1.82) is 0 Å². The second kappa shape index (κ2) is 5.14. The van der Waals surface area contributed by atoms with Crippen molar-refractivity contribution in [2.24, 2.45) is 5.73 Å². The molecule has 2 aromatic rings. The molecule has 19 heavy (non-hydrogen) atoms. The number of nitrogens with two attached hydrogens (primary N) is 1. The van der Waals surface area contributed by atoms with Gasteiger partial charge in [-0.3, -0.25) is 4.98 Å². The van der Waals surface area contributed by atoms with Gasteiger partial charge in [-0.2, -0.15) is 0 Å². The fraction of sp³-hybridized carbons (Fsp3) is 0.353. The molecule has 0 saturated heterocycles. The van der Waals surface area contributed by atoms with E-state index in [-0.39, 0.29) is 6.04 Å². The number of benzene rings is 1. The predicted molar refractivity (Wildman–Crippen MR) is 78.0 cm³/mol. The molecule has 1 fully saturated rings. The largest absolute Gasteiger partial charge is 0.320 e. The minimum atomic E-state index is -0.0582. The second-order valence-electron chi connectivity index (χ2n) is 5.50. The van der Waals surface area contributed by atoms with Crippen molar-refractivity contribution in [3.8, 4) is 0 Å². The van der Waals surface area contributed by atoms with E-state index in [4.69, 9.17) is 5.73 Å². The van der Waals surface area contributed by atoms with E-state index in [9.17, 15) is 0 Å². The molecule has 2 heteroatoms. The molecule has 0 aliphatic heterocycles. The third-order valence-corrected chi connectivity index (χ3v) is 4.15. The minimum Gasteiger partial charge on any atom is -0.320 e. The maximum atomic E-state index is 6.33. The molecule has 1 aliphatic carbocycles. The zero-order valence-corrected chi connectivity index (χ0v) is 11.3. The van der Waals surface area contributed by atoms with E-state index < -0.39 is 0 Å². The van der Waals surface area contributed by atoms with Crippen LogP contribution in [0.4, 0.5) is 0 Å². The van der Waals surface area contributed by atoms with Crippen molar-refractivity contribution >= 4 is 0 Å². The van der Waals surface area contributed by atoms with Crippen LogP contribution in [0.15, 0.2) is 42.6 Å². The van der Waals surface area contributed by atoms with Crippen LogP contribution in [0.5, 0.6) is 0 Å². The Labute approximate surface area is 114 Å². The molecule has 1 unspecified atom stereocenters. The first-order valence-corrected chi connectivity index (χ1v) is 7.02. The van der Waals surface area contributed by atoms with E-state index in [1.54, 1.807) is 0 Å². The van der Waals surface area contributed by atoms with Gasteiger partial charge in [0.15, 0.2) is 0 Å². The van der Waals surface area contributed by atoms with E-state index >= 15 is 0 Å². The third kappa shape index (κ3) is 2.54. The molecule has 2 N–H and O–H groups in total. The summed E-state index contributed by atoms with van der Waals surface area (Å²) >= 11 is 0. The molecule has 3 rings (SSSR count). The Kier molecular flexibility index (Phi) is 3.34. The Bertz CT molecular complexity index is 556. The molecule has 0 radical (unpaired) electrons. The number of rotatable bonds is 3. The summed E-state index contributed by atoms with van der Waals surface area (Å²) in [5, 5.41) is 0. The maximum absolute atomic E-state index is 6.33. The molecule has 1 heterocycles. The van der Waals surface area contributed by atoms with E-state index in [1.807, 2.05) is 19.2 Å². The number of hydrogen-bond acceptors (Lipinski definition) is 2. The Morgan fingerprint density at radius 2 is 1.84 bits per heavy atom. The molecule has 2 nitrogen and oxygen atoms in total. The lowest BCUT2D eigenvalue weighted by Crippen LogP contribution is -2.13. The van der Waals surface area contributed by atoms with Gasteiger partial charge in [-0.1, -0.05) is 30.7 Å². The van der Waals surface area contributed by atoms with E-state index in [0.29, 0.717) is 0 Å². The van der Waals surface area contributed by atoms with Gasteiger partial charge in [0.2, 0.25) is 0 Å². The highest BCUT2D eigenvalue weighted by molar-refractivity contribution is 5.34. The first-order valence-electron chi connectivity index (χ1n) is 7.02. The number of aryl methyl sites for hydroxylation is 1. The molecule has 0 amide bonds. The summed E-state index contributed by atoms with van der Waals surface area (Å²) < 4.78 is 0. The maximum Gasteiger partial charge on any atom is 0.0552 e. The highest BCUT2D eigenvalue weighted by Crippen LogP contribution is 2.36. The summed E-state index contributed by atoms with van der Waals surface area (Å²) in [6.45, 7) is 2.00. The molecule has 1 saturated carbocycles. The Balaban J connectivity index is 1.81. The van der Waals surface area contributed by atoms with Crippen LogP contribution in [0.25, 0.3) is 0 Å². The van der Waals surface area contributed by atoms with Crippen molar-refractivity contribution in [2.75, 3.05) is 0 Å². The van der Waals surface area contributed by atoms with E-state index in [0.717, 1.165) is 17.2 Å². The van der Waals surface area contributed by atoms with Gasteiger partial charge in [0.25, 0.3) is 0 Å². The van der Waals surface area contributed by atoms with Crippen LogP contribution in [0, 0.1) is 6.92 Å². The van der Waals surface area contributed by atoms with Crippen molar-refractivity contribution in [2.45, 2.75) is 38.1 Å². The Morgan fingerprint density at radius 1 is 1.11 bits per heavy atom. The molecule has 1 aliphatic rings. The van der Waals surface area contributed by atoms with E-state index in [1.165, 1.54) is 30.4 Å². The fourth-order valence-electron chi connectivity index (χ4n) is 2.67. The monoisotopic (exact) mass is 252 g/mol. The summed E-state index contributed by atoms with van der Waals surface area (Å²) in [6.07, 6.45) is 5.89. The van der Waals surface area contributed by atoms with Crippen molar-refractivity contribution < 1.29 is 0 Å². The average molecular weight is 252 g/mol. The van der Waals surface area contributed by atoms with Gasteiger partial charge < -0.3 is 5.73 Å². The second-order valence-corrected chi connectivity index (χ2v) is 5.50. The Hall–Kier alpha value is -1.67. The van der Waals surface area contributed by atoms with Crippen LogP contribution in [0.3, 0.4) is 0 Å². The summed E-state index contributed by atoms with van der Waals surface area (Å²) in [4.78, 5) is 4.22. The fourth-order valence-corrected chi connectivity index (χ4v) is 2.67. The van der Waals surface area contributed by atoms with Crippen LogP contribution >= 0.6 is 0 Å². The van der Waals surface area contributed by atoms with Crippen LogP contribution in [-0.2, 0) is 0 Å². The molecule has 0 spiro atoms. The standard InChI is InChI=1S/C17H20N2/c1-12-11-16(9-10-19-12)17(18)15-7-5-14(6-8-15)13-3-2-4-13/h5-11,13,17H,2-4,18H2,1H3. The normalized spacial score (nSPS) is 16.9. The van der Waals surface area contributed by atoms with Crippen molar-refractivity contribution in [3.63, 3.8) is 0 Å². The van der Waals surface area contributed by atoms with Crippen LogP contribution in [-0.4, -0.2) is 4.98 Å². The van der Waals surface area contributed by atoms with Crippen LogP contribution < -0.4 is 5.73 Å². The van der Waals surface area contributed by atoms with Gasteiger partial charge >= 0.3 is 0 Å². The molecule has 1 aromatic carbocycles. The molecular weight excluding hydrogens is 232 g/mol. The van der Waals surface area contributed by atoms with Gasteiger partial charge in [0.05, 0.1) is 6.04 Å². The highest BCUT2D eigenvalue weighted by Gasteiger charge is 2.19. The van der Waals surface area contributed by atoms with Gasteiger partial charge in [-0.25, -0.2) is 0 Å².